The number of benzene rings is 3. The Morgan fingerprint density at radius 2 is 1.53 bits per heavy atom. The van der Waals surface area contributed by atoms with Gasteiger partial charge in [0.05, 0.1) is 24.8 Å². The summed E-state index contributed by atoms with van der Waals surface area (Å²) in [6.45, 7) is 10.8. The van der Waals surface area contributed by atoms with Gasteiger partial charge in [0, 0.05) is 18.2 Å². The molecule has 0 aliphatic carbocycles. The van der Waals surface area contributed by atoms with Crippen LogP contribution in [0.5, 0.6) is 11.5 Å². The zero-order valence-electron chi connectivity index (χ0n) is 26.3. The monoisotopic (exact) mass is 609 g/mol. The lowest BCUT2D eigenvalue weighted by Gasteiger charge is -2.35. The second kappa shape index (κ2) is 13.9. The van der Waals surface area contributed by atoms with Gasteiger partial charge in [-0.15, -0.1) is 0 Å². The van der Waals surface area contributed by atoms with Crippen molar-refractivity contribution < 1.29 is 27.5 Å². The number of aryl methyl sites for hydroxylation is 2. The van der Waals surface area contributed by atoms with Gasteiger partial charge in [-0.05, 0) is 70.9 Å². The van der Waals surface area contributed by atoms with Crippen LogP contribution in [0.25, 0.3) is 0 Å². The van der Waals surface area contributed by atoms with Crippen LogP contribution in [0, 0.1) is 13.8 Å². The second-order valence-electron chi connectivity index (χ2n) is 11.5. The summed E-state index contributed by atoms with van der Waals surface area (Å²) >= 11 is 0. The molecule has 43 heavy (non-hydrogen) atoms. The third kappa shape index (κ3) is 8.50. The number of rotatable bonds is 12. The summed E-state index contributed by atoms with van der Waals surface area (Å²) in [5, 5.41) is 2.98. The van der Waals surface area contributed by atoms with E-state index in [4.69, 9.17) is 9.47 Å². The summed E-state index contributed by atoms with van der Waals surface area (Å²) in [6, 6.07) is 18.0. The number of carbonyl (C=O) groups excluding carboxylic acids is 2. The lowest BCUT2D eigenvalue weighted by molar-refractivity contribution is -0.141. The van der Waals surface area contributed by atoms with E-state index < -0.39 is 34.1 Å². The molecule has 0 aromatic heterocycles. The van der Waals surface area contributed by atoms with Gasteiger partial charge < -0.3 is 19.7 Å². The van der Waals surface area contributed by atoms with Gasteiger partial charge in [-0.25, -0.2) is 8.42 Å². The molecule has 0 spiro atoms. The molecule has 3 aromatic rings. The number of anilines is 1. The maximum Gasteiger partial charge on any atom is 0.264 e. The predicted octanol–water partition coefficient (Wildman–Crippen LogP) is 5.24. The lowest BCUT2D eigenvalue weighted by atomic mass is 10.0. The third-order valence-electron chi connectivity index (χ3n) is 6.86. The molecule has 3 aromatic carbocycles. The van der Waals surface area contributed by atoms with E-state index in [0.717, 1.165) is 21.0 Å². The summed E-state index contributed by atoms with van der Waals surface area (Å²) in [5.74, 6) is -0.113. The van der Waals surface area contributed by atoms with Crippen molar-refractivity contribution in [3.63, 3.8) is 0 Å². The Bertz CT molecular complexity index is 1530. The summed E-state index contributed by atoms with van der Waals surface area (Å²) in [4.78, 5) is 29.3. The first-order chi connectivity index (χ1) is 20.2. The molecule has 0 bridgehead atoms. The van der Waals surface area contributed by atoms with E-state index in [-0.39, 0.29) is 23.0 Å². The zero-order chi connectivity index (χ0) is 31.9. The molecule has 0 aliphatic heterocycles. The number of nitrogens with one attached hydrogen (secondary N) is 1. The van der Waals surface area contributed by atoms with E-state index in [2.05, 4.69) is 5.32 Å². The molecule has 3 rings (SSSR count). The highest BCUT2D eigenvalue weighted by molar-refractivity contribution is 7.92. The average molecular weight is 610 g/mol. The Hall–Kier alpha value is -4.05. The number of ether oxygens (including phenoxy) is 2. The first-order valence-corrected chi connectivity index (χ1v) is 15.6. The molecule has 0 fully saturated rings. The SMILES string of the molecule is CCC(C(=O)NC(C)(C)C)N(Cc1cccc(C)c1)C(=O)CN(c1ccc(OC)c(OC)c1)S(=O)(=O)c1ccc(C)cc1. The smallest absolute Gasteiger partial charge is 0.264 e. The van der Waals surface area contributed by atoms with Crippen LogP contribution >= 0.6 is 0 Å². The molecule has 2 amide bonds. The standard InChI is InChI=1S/C33H43N3O6S/c1-9-28(32(38)34-33(4,5)6)35(21-25-12-10-11-24(3)19-25)31(37)22-36(26-15-18-29(41-7)30(20-26)42-8)43(39,40)27-16-13-23(2)14-17-27/h10-20,28H,9,21-22H2,1-8H3,(H,34,38). The van der Waals surface area contributed by atoms with Crippen molar-refractivity contribution in [2.75, 3.05) is 25.1 Å². The van der Waals surface area contributed by atoms with Crippen LogP contribution < -0.4 is 19.1 Å². The van der Waals surface area contributed by atoms with E-state index >= 15 is 0 Å². The van der Waals surface area contributed by atoms with E-state index in [1.807, 2.05) is 65.8 Å². The predicted molar refractivity (Wildman–Crippen MR) is 169 cm³/mol. The fourth-order valence-corrected chi connectivity index (χ4v) is 6.13. The number of hydrogen-bond donors (Lipinski definition) is 1. The Morgan fingerprint density at radius 3 is 2.09 bits per heavy atom. The fraction of sp³-hybridized carbons (Fsp3) is 0.394. The lowest BCUT2D eigenvalue weighted by Crippen LogP contribution is -2.55. The van der Waals surface area contributed by atoms with Gasteiger partial charge in [-0.1, -0.05) is 54.4 Å². The number of methoxy groups -OCH3 is 2. The Kier molecular flexibility index (Phi) is 10.9. The second-order valence-corrected chi connectivity index (χ2v) is 13.4. The van der Waals surface area contributed by atoms with Crippen molar-refractivity contribution in [1.29, 1.82) is 0 Å². The van der Waals surface area contributed by atoms with Crippen molar-refractivity contribution in [2.24, 2.45) is 0 Å². The summed E-state index contributed by atoms with van der Waals surface area (Å²) in [6.07, 6.45) is 0.334. The topological polar surface area (TPSA) is 105 Å². The van der Waals surface area contributed by atoms with Crippen molar-refractivity contribution in [3.05, 3.63) is 83.4 Å². The minimum Gasteiger partial charge on any atom is -0.493 e. The van der Waals surface area contributed by atoms with Crippen molar-refractivity contribution in [1.82, 2.24) is 10.2 Å². The van der Waals surface area contributed by atoms with Gasteiger partial charge in [0.2, 0.25) is 11.8 Å². The molecule has 1 N–H and O–H groups in total. The van der Waals surface area contributed by atoms with Crippen LogP contribution in [0.15, 0.2) is 71.6 Å². The van der Waals surface area contributed by atoms with Crippen LogP contribution in [-0.2, 0) is 26.2 Å². The first-order valence-electron chi connectivity index (χ1n) is 14.2. The number of nitrogens with zero attached hydrogens (tertiary/aromatic N) is 2. The molecule has 0 heterocycles. The van der Waals surface area contributed by atoms with Gasteiger partial charge in [0.1, 0.15) is 12.6 Å². The molecular formula is C33H43N3O6S. The molecule has 0 aliphatic rings. The maximum absolute atomic E-state index is 14.3. The minimum atomic E-state index is -4.22. The molecule has 232 valence electrons. The summed E-state index contributed by atoms with van der Waals surface area (Å²) < 4.78 is 40.1. The molecule has 9 nitrogen and oxygen atoms in total. The molecular weight excluding hydrogens is 566 g/mol. The first kappa shape index (κ1) is 33.5. The number of hydrogen-bond acceptors (Lipinski definition) is 6. The van der Waals surface area contributed by atoms with E-state index in [1.54, 1.807) is 24.3 Å². The number of amides is 2. The Morgan fingerprint density at radius 1 is 0.884 bits per heavy atom. The van der Waals surface area contributed by atoms with E-state index in [0.29, 0.717) is 17.9 Å². The maximum atomic E-state index is 14.3. The van der Waals surface area contributed by atoms with Gasteiger partial charge in [-0.2, -0.15) is 0 Å². The van der Waals surface area contributed by atoms with Crippen LogP contribution in [-0.4, -0.2) is 57.5 Å². The molecule has 1 atom stereocenters. The summed E-state index contributed by atoms with van der Waals surface area (Å²) in [7, 11) is -1.28. The molecule has 0 radical (unpaired) electrons. The van der Waals surface area contributed by atoms with Crippen molar-refractivity contribution in [3.8, 4) is 11.5 Å². The normalized spacial score (nSPS) is 12.3. The van der Waals surface area contributed by atoms with Gasteiger partial charge in [-0.3, -0.25) is 13.9 Å². The molecule has 1 unspecified atom stereocenters. The fourth-order valence-electron chi connectivity index (χ4n) is 4.73. The average Bonchev–Trinajstić information content (AvgIpc) is 2.94. The van der Waals surface area contributed by atoms with Crippen molar-refractivity contribution in [2.45, 2.75) is 71.0 Å². The largest absolute Gasteiger partial charge is 0.493 e. The Balaban J connectivity index is 2.13. The number of sulfonamides is 1. The number of carbonyl (C=O) groups is 2. The quantitative estimate of drug-likeness (QED) is 0.301. The highest BCUT2D eigenvalue weighted by Gasteiger charge is 2.35. The third-order valence-corrected chi connectivity index (χ3v) is 8.65. The van der Waals surface area contributed by atoms with Gasteiger partial charge in [0.25, 0.3) is 10.0 Å². The van der Waals surface area contributed by atoms with Crippen LogP contribution in [0.4, 0.5) is 5.69 Å². The van der Waals surface area contributed by atoms with Gasteiger partial charge >= 0.3 is 0 Å². The van der Waals surface area contributed by atoms with Gasteiger partial charge in [0.15, 0.2) is 11.5 Å². The van der Waals surface area contributed by atoms with Crippen molar-refractivity contribution >= 4 is 27.5 Å². The summed E-state index contributed by atoms with van der Waals surface area (Å²) in [5.41, 5.74) is 2.42. The molecule has 10 heteroatoms. The highest BCUT2D eigenvalue weighted by atomic mass is 32.2. The minimum absolute atomic E-state index is 0.0310. The highest BCUT2D eigenvalue weighted by Crippen LogP contribution is 2.34. The molecule has 0 saturated heterocycles. The van der Waals surface area contributed by atoms with Crippen LogP contribution in [0.3, 0.4) is 0 Å². The zero-order valence-corrected chi connectivity index (χ0v) is 27.1. The molecule has 0 saturated carbocycles. The van der Waals surface area contributed by atoms with Crippen LogP contribution in [0.1, 0.15) is 50.8 Å². The van der Waals surface area contributed by atoms with E-state index in [1.165, 1.54) is 37.3 Å². The van der Waals surface area contributed by atoms with E-state index in [9.17, 15) is 18.0 Å². The van der Waals surface area contributed by atoms with Crippen LogP contribution in [0.2, 0.25) is 0 Å². The Labute approximate surface area is 255 Å².